The van der Waals surface area contributed by atoms with E-state index in [0.717, 1.165) is 17.3 Å². The first-order chi connectivity index (χ1) is 8.35. The number of nitrogens with one attached hydrogen (secondary N) is 1. The Kier molecular flexibility index (Phi) is 3.72. The lowest BCUT2D eigenvalue weighted by Gasteiger charge is -2.07. The first-order valence-electron chi connectivity index (χ1n) is 5.62. The summed E-state index contributed by atoms with van der Waals surface area (Å²) < 4.78 is 7.35. The summed E-state index contributed by atoms with van der Waals surface area (Å²) in [5.41, 5.74) is 1.03. The van der Waals surface area contributed by atoms with E-state index in [9.17, 15) is 0 Å². The van der Waals surface area contributed by atoms with E-state index < -0.39 is 0 Å². The Morgan fingerprint density at radius 2 is 2.06 bits per heavy atom. The normalized spacial score (nSPS) is 10.5. The van der Waals surface area contributed by atoms with Crippen molar-refractivity contribution in [3.8, 4) is 11.4 Å². The third-order valence-corrected chi connectivity index (χ3v) is 2.38. The van der Waals surface area contributed by atoms with Gasteiger partial charge in [-0.2, -0.15) is 0 Å². The summed E-state index contributed by atoms with van der Waals surface area (Å²) in [4.78, 5) is 0. The molecule has 1 N–H and O–H groups in total. The number of ether oxygens (including phenoxy) is 1. The van der Waals surface area contributed by atoms with E-state index in [-0.39, 0.29) is 0 Å². The van der Waals surface area contributed by atoms with E-state index in [1.54, 1.807) is 6.33 Å². The summed E-state index contributed by atoms with van der Waals surface area (Å²) in [5.74, 6) is 1.76. The van der Waals surface area contributed by atoms with Crippen molar-refractivity contribution in [2.75, 3.05) is 13.7 Å². The third-order valence-electron chi connectivity index (χ3n) is 2.38. The highest BCUT2D eigenvalue weighted by Gasteiger charge is 2.05. The average Bonchev–Trinajstić information content (AvgIpc) is 2.79. The Morgan fingerprint density at radius 3 is 2.71 bits per heavy atom. The number of hydrogen-bond donors (Lipinski definition) is 1. The van der Waals surface area contributed by atoms with Crippen LogP contribution in [0.3, 0.4) is 0 Å². The molecular formula is C12H16N4O. The standard InChI is InChI=1S/C12H16N4O/c1-3-17-11-6-4-10(5-7-11)16-9-14-15-12(16)8-13-2/h4-7,9,13H,3,8H2,1-2H3. The molecule has 0 spiro atoms. The van der Waals surface area contributed by atoms with Gasteiger partial charge in [-0.3, -0.25) is 4.57 Å². The van der Waals surface area contributed by atoms with Crippen LogP contribution in [0.1, 0.15) is 12.7 Å². The zero-order valence-electron chi connectivity index (χ0n) is 10.1. The molecule has 5 nitrogen and oxygen atoms in total. The molecule has 90 valence electrons. The van der Waals surface area contributed by atoms with Crippen LogP contribution in [0.15, 0.2) is 30.6 Å². The van der Waals surface area contributed by atoms with Gasteiger partial charge in [-0.1, -0.05) is 0 Å². The van der Waals surface area contributed by atoms with E-state index >= 15 is 0 Å². The van der Waals surface area contributed by atoms with Crippen molar-refractivity contribution in [3.05, 3.63) is 36.4 Å². The molecular weight excluding hydrogens is 216 g/mol. The summed E-state index contributed by atoms with van der Waals surface area (Å²) in [5, 5.41) is 11.0. The lowest BCUT2D eigenvalue weighted by molar-refractivity contribution is 0.340. The van der Waals surface area contributed by atoms with Gasteiger partial charge in [-0.05, 0) is 38.2 Å². The zero-order valence-corrected chi connectivity index (χ0v) is 10.1. The smallest absolute Gasteiger partial charge is 0.151 e. The predicted octanol–water partition coefficient (Wildman–Crippen LogP) is 1.39. The molecule has 1 aromatic heterocycles. The summed E-state index contributed by atoms with van der Waals surface area (Å²) in [6, 6.07) is 7.88. The molecule has 0 atom stereocenters. The molecule has 1 heterocycles. The van der Waals surface area contributed by atoms with Gasteiger partial charge < -0.3 is 10.1 Å². The molecule has 0 aliphatic carbocycles. The van der Waals surface area contributed by atoms with Crippen molar-refractivity contribution >= 4 is 0 Å². The summed E-state index contributed by atoms with van der Waals surface area (Å²) in [7, 11) is 1.89. The number of aromatic nitrogens is 3. The van der Waals surface area contributed by atoms with Crippen LogP contribution in [-0.4, -0.2) is 28.4 Å². The molecule has 2 rings (SSSR count). The minimum absolute atomic E-state index is 0.678. The van der Waals surface area contributed by atoms with Crippen molar-refractivity contribution in [2.24, 2.45) is 0 Å². The van der Waals surface area contributed by atoms with Crippen LogP contribution in [0.2, 0.25) is 0 Å². The van der Waals surface area contributed by atoms with Crippen molar-refractivity contribution in [1.29, 1.82) is 0 Å². The number of nitrogens with zero attached hydrogens (tertiary/aromatic N) is 3. The summed E-state index contributed by atoms with van der Waals surface area (Å²) >= 11 is 0. The fourth-order valence-corrected chi connectivity index (χ4v) is 1.62. The number of rotatable bonds is 5. The predicted molar refractivity (Wildman–Crippen MR) is 65.3 cm³/mol. The lowest BCUT2D eigenvalue weighted by atomic mass is 10.3. The van der Waals surface area contributed by atoms with Gasteiger partial charge in [-0.25, -0.2) is 0 Å². The van der Waals surface area contributed by atoms with Gasteiger partial charge in [0.2, 0.25) is 0 Å². The van der Waals surface area contributed by atoms with Gasteiger partial charge in [-0.15, -0.1) is 10.2 Å². The van der Waals surface area contributed by atoms with Crippen molar-refractivity contribution < 1.29 is 4.74 Å². The third kappa shape index (κ3) is 2.62. The molecule has 0 amide bonds. The molecule has 1 aromatic carbocycles. The fourth-order valence-electron chi connectivity index (χ4n) is 1.62. The highest BCUT2D eigenvalue weighted by Crippen LogP contribution is 2.16. The highest BCUT2D eigenvalue weighted by atomic mass is 16.5. The lowest BCUT2D eigenvalue weighted by Crippen LogP contribution is -2.11. The van der Waals surface area contributed by atoms with Gasteiger partial charge >= 0.3 is 0 Å². The van der Waals surface area contributed by atoms with E-state index in [1.807, 2.05) is 42.8 Å². The molecule has 0 radical (unpaired) electrons. The minimum atomic E-state index is 0.678. The molecule has 0 saturated carbocycles. The molecule has 17 heavy (non-hydrogen) atoms. The van der Waals surface area contributed by atoms with Crippen molar-refractivity contribution in [1.82, 2.24) is 20.1 Å². The zero-order chi connectivity index (χ0) is 12.1. The SMILES string of the molecule is CCOc1ccc(-n2cnnc2CNC)cc1. The molecule has 0 bridgehead atoms. The van der Waals surface area contributed by atoms with Crippen LogP contribution in [0.4, 0.5) is 0 Å². The second-order valence-electron chi connectivity index (χ2n) is 3.57. The van der Waals surface area contributed by atoms with Crippen LogP contribution in [0.5, 0.6) is 5.75 Å². The van der Waals surface area contributed by atoms with Crippen LogP contribution in [0.25, 0.3) is 5.69 Å². The highest BCUT2D eigenvalue weighted by molar-refractivity contribution is 5.37. The van der Waals surface area contributed by atoms with Crippen molar-refractivity contribution in [2.45, 2.75) is 13.5 Å². The first-order valence-corrected chi connectivity index (χ1v) is 5.62. The van der Waals surface area contributed by atoms with E-state index in [1.165, 1.54) is 0 Å². The molecule has 0 fully saturated rings. The van der Waals surface area contributed by atoms with Crippen molar-refractivity contribution in [3.63, 3.8) is 0 Å². The van der Waals surface area contributed by atoms with Crippen LogP contribution in [0, 0.1) is 0 Å². The molecule has 0 saturated heterocycles. The Balaban J connectivity index is 2.23. The average molecular weight is 232 g/mol. The Morgan fingerprint density at radius 1 is 1.29 bits per heavy atom. The van der Waals surface area contributed by atoms with Gasteiger partial charge in [0, 0.05) is 5.69 Å². The second kappa shape index (κ2) is 5.45. The topological polar surface area (TPSA) is 52.0 Å². The van der Waals surface area contributed by atoms with Crippen LogP contribution >= 0.6 is 0 Å². The molecule has 5 heteroatoms. The fraction of sp³-hybridized carbons (Fsp3) is 0.333. The minimum Gasteiger partial charge on any atom is -0.494 e. The van der Waals surface area contributed by atoms with Gasteiger partial charge in [0.05, 0.1) is 13.2 Å². The summed E-state index contributed by atoms with van der Waals surface area (Å²) in [6.45, 7) is 3.34. The quantitative estimate of drug-likeness (QED) is 0.846. The van der Waals surface area contributed by atoms with E-state index in [2.05, 4.69) is 15.5 Å². The summed E-state index contributed by atoms with van der Waals surface area (Å²) in [6.07, 6.45) is 1.71. The number of benzene rings is 1. The van der Waals surface area contributed by atoms with Crippen LogP contribution < -0.4 is 10.1 Å². The molecule has 0 aliphatic rings. The Bertz CT molecular complexity index is 464. The Hall–Kier alpha value is -1.88. The maximum absolute atomic E-state index is 5.40. The second-order valence-corrected chi connectivity index (χ2v) is 3.57. The van der Waals surface area contributed by atoms with Gasteiger partial charge in [0.25, 0.3) is 0 Å². The largest absolute Gasteiger partial charge is 0.494 e. The first kappa shape index (κ1) is 11.6. The van der Waals surface area contributed by atoms with Gasteiger partial charge in [0.1, 0.15) is 12.1 Å². The molecule has 0 unspecified atom stereocenters. The monoisotopic (exact) mass is 232 g/mol. The maximum Gasteiger partial charge on any atom is 0.151 e. The van der Waals surface area contributed by atoms with Crippen LogP contribution in [-0.2, 0) is 6.54 Å². The maximum atomic E-state index is 5.40. The van der Waals surface area contributed by atoms with Gasteiger partial charge in [0.15, 0.2) is 5.82 Å². The Labute approximate surface area is 100 Å². The molecule has 2 aromatic rings. The number of hydrogen-bond acceptors (Lipinski definition) is 4. The van der Waals surface area contributed by atoms with E-state index in [0.29, 0.717) is 13.2 Å². The van der Waals surface area contributed by atoms with E-state index in [4.69, 9.17) is 4.74 Å². The molecule has 0 aliphatic heterocycles.